The van der Waals surface area contributed by atoms with Gasteiger partial charge in [0.05, 0.1) is 11.1 Å². The Kier molecular flexibility index (Phi) is 4.74. The van der Waals surface area contributed by atoms with E-state index >= 15 is 0 Å². The molecule has 96 valence electrons. The molecule has 2 amide bonds. The Morgan fingerprint density at radius 3 is 2.94 bits per heavy atom. The molecule has 0 saturated carbocycles. The van der Waals surface area contributed by atoms with Crippen LogP contribution in [0.25, 0.3) is 0 Å². The average molecular weight is 282 g/mol. The second-order valence-corrected chi connectivity index (χ2v) is 5.45. The lowest BCUT2D eigenvalue weighted by molar-refractivity contribution is 0.168. The van der Waals surface area contributed by atoms with Gasteiger partial charge in [-0.05, 0) is 46.3 Å². The Bertz CT molecular complexity index is 468. The molecule has 0 aliphatic carbocycles. The van der Waals surface area contributed by atoms with E-state index in [4.69, 9.17) is 0 Å². The van der Waals surface area contributed by atoms with Gasteiger partial charge in [0.15, 0.2) is 0 Å². The summed E-state index contributed by atoms with van der Waals surface area (Å²) in [7, 11) is 0. The number of carbonyl (C=O) groups excluding carboxylic acids is 1. The fourth-order valence-corrected chi connectivity index (χ4v) is 2.78. The molecule has 0 fully saturated rings. The number of amides is 2. The van der Waals surface area contributed by atoms with Crippen LogP contribution in [0.4, 0.5) is 9.80 Å². The smallest absolute Gasteiger partial charge is 0.319 e. The minimum atomic E-state index is -0.515. The van der Waals surface area contributed by atoms with E-state index in [1.165, 1.54) is 11.3 Å². The predicted molar refractivity (Wildman–Crippen MR) is 75.2 cm³/mol. The number of thiophene rings is 2. The molecule has 4 nitrogen and oxygen atoms in total. The minimum Gasteiger partial charge on any atom is -0.388 e. The van der Waals surface area contributed by atoms with Crippen molar-refractivity contribution >= 4 is 33.7 Å². The lowest BCUT2D eigenvalue weighted by Crippen LogP contribution is -2.29. The third kappa shape index (κ3) is 3.83. The molecule has 0 aliphatic rings. The number of urea groups is 1. The minimum absolute atomic E-state index is 0.241. The topological polar surface area (TPSA) is 61.4 Å². The van der Waals surface area contributed by atoms with Crippen LogP contribution in [0.5, 0.6) is 0 Å². The summed E-state index contributed by atoms with van der Waals surface area (Å²) in [5, 5.41) is 21.8. The second kappa shape index (κ2) is 6.53. The molecule has 0 aromatic carbocycles. The van der Waals surface area contributed by atoms with Gasteiger partial charge in [-0.2, -0.15) is 11.3 Å². The van der Waals surface area contributed by atoms with Crippen molar-refractivity contribution in [3.8, 4) is 0 Å². The van der Waals surface area contributed by atoms with Crippen molar-refractivity contribution in [2.24, 2.45) is 0 Å². The number of hydrogen-bond acceptors (Lipinski definition) is 4. The molecular formula is C12H14N2O2S2. The molecule has 2 aromatic heterocycles. The maximum atomic E-state index is 11.5. The van der Waals surface area contributed by atoms with E-state index in [0.717, 1.165) is 10.6 Å². The van der Waals surface area contributed by atoms with Crippen LogP contribution in [0.3, 0.4) is 0 Å². The molecule has 6 heteroatoms. The van der Waals surface area contributed by atoms with Crippen molar-refractivity contribution < 1.29 is 9.90 Å². The number of aliphatic hydroxyl groups is 1. The molecule has 2 aromatic rings. The van der Waals surface area contributed by atoms with Crippen molar-refractivity contribution in [3.05, 3.63) is 39.9 Å². The highest BCUT2D eigenvalue weighted by molar-refractivity contribution is 7.14. The molecule has 0 saturated heterocycles. The highest BCUT2D eigenvalue weighted by Gasteiger charge is 2.08. The molecule has 18 heavy (non-hydrogen) atoms. The Morgan fingerprint density at radius 2 is 2.28 bits per heavy atom. The lowest BCUT2D eigenvalue weighted by Gasteiger charge is -2.10. The molecule has 0 aliphatic heterocycles. The van der Waals surface area contributed by atoms with Gasteiger partial charge in [0.1, 0.15) is 0 Å². The zero-order valence-corrected chi connectivity index (χ0v) is 11.3. The fraction of sp³-hybridized carbons (Fsp3) is 0.250. The number of nitrogens with one attached hydrogen (secondary N) is 2. The summed E-state index contributed by atoms with van der Waals surface area (Å²) in [5.74, 6) is 0. The Hall–Kier alpha value is -1.37. The molecular weight excluding hydrogens is 268 g/mol. The maximum absolute atomic E-state index is 11.5. The summed E-state index contributed by atoms with van der Waals surface area (Å²) in [6, 6.07) is 5.36. The van der Waals surface area contributed by atoms with E-state index < -0.39 is 6.10 Å². The SMILES string of the molecule is O=C(NCC[C@@H](O)c1ccsc1)Nc1cccs1. The highest BCUT2D eigenvalue weighted by atomic mass is 32.1. The van der Waals surface area contributed by atoms with Gasteiger partial charge in [0.2, 0.25) is 0 Å². The lowest BCUT2D eigenvalue weighted by atomic mass is 10.1. The van der Waals surface area contributed by atoms with E-state index in [-0.39, 0.29) is 6.03 Å². The molecule has 0 radical (unpaired) electrons. The van der Waals surface area contributed by atoms with Gasteiger partial charge in [-0.25, -0.2) is 4.79 Å². The third-order valence-corrected chi connectivity index (χ3v) is 3.88. The van der Waals surface area contributed by atoms with E-state index in [1.807, 2.05) is 34.3 Å². The number of anilines is 1. The van der Waals surface area contributed by atoms with Crippen LogP contribution in [0, 0.1) is 0 Å². The van der Waals surface area contributed by atoms with Crippen molar-refractivity contribution in [1.82, 2.24) is 5.32 Å². The van der Waals surface area contributed by atoms with E-state index in [9.17, 15) is 9.90 Å². The number of carbonyl (C=O) groups is 1. The summed E-state index contributed by atoms with van der Waals surface area (Å²) in [6.45, 7) is 0.439. The fourth-order valence-electron chi connectivity index (χ4n) is 1.46. The molecule has 0 bridgehead atoms. The average Bonchev–Trinajstić information content (AvgIpc) is 3.00. The molecule has 2 heterocycles. The first-order valence-corrected chi connectivity index (χ1v) is 7.36. The summed E-state index contributed by atoms with van der Waals surface area (Å²) in [4.78, 5) is 11.5. The zero-order chi connectivity index (χ0) is 12.8. The van der Waals surface area contributed by atoms with Gasteiger partial charge in [0, 0.05) is 6.54 Å². The summed E-state index contributed by atoms with van der Waals surface area (Å²) < 4.78 is 0. The maximum Gasteiger partial charge on any atom is 0.319 e. The number of aliphatic hydroxyl groups excluding tert-OH is 1. The van der Waals surface area contributed by atoms with E-state index in [0.29, 0.717) is 13.0 Å². The third-order valence-electron chi connectivity index (χ3n) is 2.39. The molecule has 0 unspecified atom stereocenters. The van der Waals surface area contributed by atoms with Crippen LogP contribution >= 0.6 is 22.7 Å². The second-order valence-electron chi connectivity index (χ2n) is 3.72. The van der Waals surface area contributed by atoms with Crippen LogP contribution in [-0.2, 0) is 0 Å². The largest absolute Gasteiger partial charge is 0.388 e. The first-order chi connectivity index (χ1) is 8.75. The van der Waals surface area contributed by atoms with Gasteiger partial charge < -0.3 is 10.4 Å². The standard InChI is InChI=1S/C12H14N2O2S2/c15-10(9-4-7-17-8-9)3-5-13-12(16)14-11-2-1-6-18-11/h1-2,4,6-8,10,15H,3,5H2,(H2,13,14,16)/t10-/m1/s1. The molecule has 1 atom stereocenters. The molecule has 2 rings (SSSR count). The summed E-state index contributed by atoms with van der Waals surface area (Å²) in [5.41, 5.74) is 0.903. The monoisotopic (exact) mass is 282 g/mol. The van der Waals surface area contributed by atoms with Crippen molar-refractivity contribution in [1.29, 1.82) is 0 Å². The van der Waals surface area contributed by atoms with Crippen molar-refractivity contribution in [2.75, 3.05) is 11.9 Å². The Balaban J connectivity index is 1.67. The van der Waals surface area contributed by atoms with Gasteiger partial charge >= 0.3 is 6.03 Å². The van der Waals surface area contributed by atoms with Crippen LogP contribution in [0.15, 0.2) is 34.3 Å². The van der Waals surface area contributed by atoms with Gasteiger partial charge in [0.25, 0.3) is 0 Å². The van der Waals surface area contributed by atoms with Gasteiger partial charge in [-0.1, -0.05) is 0 Å². The van der Waals surface area contributed by atoms with Gasteiger partial charge in [-0.15, -0.1) is 11.3 Å². The van der Waals surface area contributed by atoms with E-state index in [2.05, 4.69) is 10.6 Å². The summed E-state index contributed by atoms with van der Waals surface area (Å²) >= 11 is 3.02. The molecule has 0 spiro atoms. The van der Waals surface area contributed by atoms with Crippen LogP contribution < -0.4 is 10.6 Å². The normalized spacial score (nSPS) is 12.1. The van der Waals surface area contributed by atoms with E-state index in [1.54, 1.807) is 11.3 Å². The molecule has 3 N–H and O–H groups in total. The highest BCUT2D eigenvalue weighted by Crippen LogP contribution is 2.18. The number of rotatable bonds is 5. The first-order valence-electron chi connectivity index (χ1n) is 5.54. The van der Waals surface area contributed by atoms with Crippen molar-refractivity contribution in [2.45, 2.75) is 12.5 Å². The number of hydrogen-bond donors (Lipinski definition) is 3. The first kappa shape index (κ1) is 13.1. The predicted octanol–water partition coefficient (Wildman–Crippen LogP) is 3.05. The summed E-state index contributed by atoms with van der Waals surface area (Å²) in [6.07, 6.45) is -0.00695. The quantitative estimate of drug-likeness (QED) is 0.789. The Labute approximate surface area is 113 Å². The van der Waals surface area contributed by atoms with Crippen molar-refractivity contribution in [3.63, 3.8) is 0 Å². The van der Waals surface area contributed by atoms with Gasteiger partial charge in [-0.3, -0.25) is 5.32 Å². The Morgan fingerprint density at radius 1 is 1.39 bits per heavy atom. The van der Waals surface area contributed by atoms with Crippen LogP contribution in [-0.4, -0.2) is 17.7 Å². The van der Waals surface area contributed by atoms with Crippen LogP contribution in [0.2, 0.25) is 0 Å². The zero-order valence-electron chi connectivity index (χ0n) is 9.63. The van der Waals surface area contributed by atoms with Crippen LogP contribution in [0.1, 0.15) is 18.1 Å².